The molecule has 7 heteroatoms. The van der Waals surface area contributed by atoms with Gasteiger partial charge in [-0.3, -0.25) is 19.3 Å². The fourth-order valence-corrected chi connectivity index (χ4v) is 4.74. The third-order valence-electron chi connectivity index (χ3n) is 5.52. The van der Waals surface area contributed by atoms with Crippen molar-refractivity contribution in [3.63, 3.8) is 0 Å². The number of furan rings is 1. The van der Waals surface area contributed by atoms with Gasteiger partial charge in [0, 0.05) is 22.2 Å². The molecule has 6 nitrogen and oxygen atoms in total. The molecule has 3 aromatic rings. The predicted molar refractivity (Wildman–Crippen MR) is 119 cm³/mol. The first-order valence-electron chi connectivity index (χ1n) is 10.4. The maximum absolute atomic E-state index is 13.5. The lowest BCUT2D eigenvalue weighted by Gasteiger charge is -2.31. The van der Waals surface area contributed by atoms with Crippen LogP contribution in [0.3, 0.4) is 0 Å². The number of nitrogens with one attached hydrogen (secondary N) is 1. The summed E-state index contributed by atoms with van der Waals surface area (Å²) in [5, 5.41) is 5.02. The van der Waals surface area contributed by atoms with E-state index in [-0.39, 0.29) is 23.5 Å². The minimum absolute atomic E-state index is 0.0655. The standard InChI is InChI=1S/C24H24N2O4S/c1-16(27)17-10-12-19(13-11-17)26(24(29)20-8-4-14-30-20)22(21-9-5-15-31-21)23(28)25-18-6-2-3-7-18/h4-5,8-15,18,22H,2-3,6-7H2,1H3,(H,25,28)/t22-/m1/s1. The van der Waals surface area contributed by atoms with Crippen LogP contribution in [0.25, 0.3) is 0 Å². The minimum atomic E-state index is -0.846. The number of carbonyl (C=O) groups is 3. The molecule has 1 aromatic carbocycles. The summed E-state index contributed by atoms with van der Waals surface area (Å²) in [5.41, 5.74) is 1.06. The van der Waals surface area contributed by atoms with Gasteiger partial charge in [-0.05, 0) is 67.6 Å². The molecule has 4 rings (SSSR count). The molecule has 0 bridgehead atoms. The van der Waals surface area contributed by atoms with Crippen molar-refractivity contribution < 1.29 is 18.8 Å². The highest BCUT2D eigenvalue weighted by Crippen LogP contribution is 2.33. The van der Waals surface area contributed by atoms with Crippen LogP contribution in [0.2, 0.25) is 0 Å². The lowest BCUT2D eigenvalue weighted by atomic mass is 10.1. The Bertz CT molecular complexity index is 1040. The van der Waals surface area contributed by atoms with Crippen LogP contribution in [0.4, 0.5) is 5.69 Å². The van der Waals surface area contributed by atoms with Gasteiger partial charge in [0.15, 0.2) is 17.6 Å². The third-order valence-corrected chi connectivity index (χ3v) is 6.45. The fourth-order valence-electron chi connectivity index (χ4n) is 3.93. The van der Waals surface area contributed by atoms with Crippen LogP contribution in [0, 0.1) is 0 Å². The Balaban J connectivity index is 1.76. The van der Waals surface area contributed by atoms with Gasteiger partial charge in [0.1, 0.15) is 0 Å². The Morgan fingerprint density at radius 1 is 1.06 bits per heavy atom. The van der Waals surface area contributed by atoms with Gasteiger partial charge < -0.3 is 9.73 Å². The molecule has 1 fully saturated rings. The van der Waals surface area contributed by atoms with Crippen LogP contribution >= 0.6 is 11.3 Å². The van der Waals surface area contributed by atoms with Crippen LogP contribution in [-0.2, 0) is 4.79 Å². The average molecular weight is 437 g/mol. The highest BCUT2D eigenvalue weighted by atomic mass is 32.1. The first-order valence-corrected chi connectivity index (χ1v) is 11.2. The van der Waals surface area contributed by atoms with Crippen molar-refractivity contribution in [2.75, 3.05) is 4.90 Å². The summed E-state index contributed by atoms with van der Waals surface area (Å²) >= 11 is 1.42. The number of amides is 2. The van der Waals surface area contributed by atoms with Gasteiger partial charge in [-0.15, -0.1) is 11.3 Å². The summed E-state index contributed by atoms with van der Waals surface area (Å²) in [5.74, 6) is -0.555. The molecule has 1 N–H and O–H groups in total. The van der Waals surface area contributed by atoms with E-state index >= 15 is 0 Å². The van der Waals surface area contributed by atoms with Gasteiger partial charge in [0.2, 0.25) is 5.91 Å². The summed E-state index contributed by atoms with van der Waals surface area (Å²) < 4.78 is 5.37. The number of hydrogen-bond donors (Lipinski definition) is 1. The molecule has 0 saturated heterocycles. The van der Waals surface area contributed by atoms with Gasteiger partial charge in [-0.25, -0.2) is 0 Å². The summed E-state index contributed by atoms with van der Waals surface area (Å²) in [6, 6.07) is 12.9. The summed E-state index contributed by atoms with van der Waals surface area (Å²) in [6.07, 6.45) is 5.51. The molecule has 2 aromatic heterocycles. The van der Waals surface area contributed by atoms with E-state index in [1.54, 1.807) is 36.4 Å². The molecule has 0 radical (unpaired) electrons. The Labute approximate surface area is 184 Å². The van der Waals surface area contributed by atoms with Gasteiger partial charge in [-0.2, -0.15) is 0 Å². The number of nitrogens with zero attached hydrogens (tertiary/aromatic N) is 1. The van der Waals surface area contributed by atoms with Crippen molar-refractivity contribution in [1.29, 1.82) is 0 Å². The zero-order valence-electron chi connectivity index (χ0n) is 17.2. The van der Waals surface area contributed by atoms with Gasteiger partial charge in [0.05, 0.1) is 6.26 Å². The average Bonchev–Trinajstić information content (AvgIpc) is 3.55. The lowest BCUT2D eigenvalue weighted by Crippen LogP contribution is -2.46. The number of thiophene rings is 1. The highest BCUT2D eigenvalue weighted by molar-refractivity contribution is 7.10. The maximum Gasteiger partial charge on any atom is 0.295 e. The second-order valence-corrected chi connectivity index (χ2v) is 8.64. The molecule has 2 amide bonds. The molecule has 1 aliphatic rings. The molecular weight excluding hydrogens is 412 g/mol. The minimum Gasteiger partial charge on any atom is -0.459 e. The zero-order valence-corrected chi connectivity index (χ0v) is 18.1. The van der Waals surface area contributed by atoms with Gasteiger partial charge in [0.25, 0.3) is 5.91 Å². The van der Waals surface area contributed by atoms with E-state index in [1.807, 2.05) is 17.5 Å². The SMILES string of the molecule is CC(=O)c1ccc(N(C(=O)c2ccco2)[C@@H](C(=O)NC2CCCC2)c2cccs2)cc1. The smallest absolute Gasteiger partial charge is 0.295 e. The van der Waals surface area contributed by atoms with Crippen LogP contribution in [0.1, 0.15) is 64.4 Å². The quantitative estimate of drug-likeness (QED) is 0.529. The third kappa shape index (κ3) is 4.61. The highest BCUT2D eigenvalue weighted by Gasteiger charge is 2.36. The monoisotopic (exact) mass is 436 g/mol. The van der Waals surface area contributed by atoms with Crippen LogP contribution in [0.5, 0.6) is 0 Å². The van der Waals surface area contributed by atoms with E-state index in [2.05, 4.69) is 5.32 Å². The molecule has 0 unspecified atom stereocenters. The topological polar surface area (TPSA) is 79.6 Å². The van der Waals surface area contributed by atoms with Crippen molar-refractivity contribution in [3.05, 3.63) is 76.4 Å². The molecule has 0 aliphatic heterocycles. The van der Waals surface area contributed by atoms with E-state index in [0.717, 1.165) is 30.6 Å². The normalized spacial score (nSPS) is 14.9. The van der Waals surface area contributed by atoms with E-state index in [4.69, 9.17) is 4.42 Å². The molecular formula is C24H24N2O4S. The molecule has 1 aliphatic carbocycles. The van der Waals surface area contributed by atoms with E-state index in [1.165, 1.54) is 29.4 Å². The van der Waals surface area contributed by atoms with Crippen LogP contribution in [0.15, 0.2) is 64.6 Å². The number of anilines is 1. The zero-order chi connectivity index (χ0) is 21.8. The van der Waals surface area contributed by atoms with Crippen molar-refractivity contribution in [3.8, 4) is 0 Å². The Kier molecular flexibility index (Phi) is 6.32. The van der Waals surface area contributed by atoms with Crippen LogP contribution < -0.4 is 10.2 Å². The number of benzene rings is 1. The molecule has 1 saturated carbocycles. The Hall–Kier alpha value is -3.19. The van der Waals surface area contributed by atoms with E-state index in [0.29, 0.717) is 11.3 Å². The van der Waals surface area contributed by atoms with E-state index in [9.17, 15) is 14.4 Å². The Morgan fingerprint density at radius 2 is 1.81 bits per heavy atom. The van der Waals surface area contributed by atoms with Crippen molar-refractivity contribution in [2.24, 2.45) is 0 Å². The second kappa shape index (κ2) is 9.31. The van der Waals surface area contributed by atoms with Gasteiger partial charge in [-0.1, -0.05) is 18.9 Å². The van der Waals surface area contributed by atoms with Crippen molar-refractivity contribution in [2.45, 2.75) is 44.7 Å². The van der Waals surface area contributed by atoms with Crippen molar-refractivity contribution >= 4 is 34.6 Å². The fraction of sp³-hybridized carbons (Fsp3) is 0.292. The maximum atomic E-state index is 13.5. The molecule has 0 spiro atoms. The van der Waals surface area contributed by atoms with Gasteiger partial charge >= 0.3 is 0 Å². The predicted octanol–water partition coefficient (Wildman–Crippen LogP) is 4.99. The number of ketones is 1. The molecule has 1 atom stereocenters. The molecule has 31 heavy (non-hydrogen) atoms. The first kappa shape index (κ1) is 21.1. The lowest BCUT2D eigenvalue weighted by molar-refractivity contribution is -0.123. The molecule has 160 valence electrons. The van der Waals surface area contributed by atoms with E-state index < -0.39 is 11.9 Å². The number of carbonyl (C=O) groups excluding carboxylic acids is 3. The first-order chi connectivity index (χ1) is 15.0. The second-order valence-electron chi connectivity index (χ2n) is 7.66. The van der Waals surface area contributed by atoms with Crippen LogP contribution in [-0.4, -0.2) is 23.6 Å². The summed E-state index contributed by atoms with van der Waals surface area (Å²) in [6.45, 7) is 1.49. The number of hydrogen-bond acceptors (Lipinski definition) is 5. The number of Topliss-reactive ketones (excluding diaryl/α,β-unsaturated/α-hetero) is 1. The number of rotatable bonds is 7. The Morgan fingerprint density at radius 3 is 2.39 bits per heavy atom. The largest absolute Gasteiger partial charge is 0.459 e. The molecule has 2 heterocycles. The van der Waals surface area contributed by atoms with Crippen molar-refractivity contribution in [1.82, 2.24) is 5.32 Å². The summed E-state index contributed by atoms with van der Waals surface area (Å²) in [7, 11) is 0. The summed E-state index contributed by atoms with van der Waals surface area (Å²) in [4.78, 5) is 40.9.